The van der Waals surface area contributed by atoms with E-state index >= 15 is 0 Å². The number of hydrogen-bond acceptors (Lipinski definition) is 1. The maximum Gasteiger partial charge on any atom is 0.235 e. The Morgan fingerprint density at radius 2 is 1.93 bits per heavy atom. The third-order valence-corrected chi connectivity index (χ3v) is 1.89. The van der Waals surface area contributed by atoms with Gasteiger partial charge in [0.25, 0.3) is 0 Å². The van der Waals surface area contributed by atoms with Crippen molar-refractivity contribution >= 4 is 17.5 Å². The highest BCUT2D eigenvalue weighted by molar-refractivity contribution is 6.27. The highest BCUT2D eigenvalue weighted by Crippen LogP contribution is 2.11. The minimum Gasteiger partial charge on any atom is -0.351 e. The van der Waals surface area contributed by atoms with Crippen LogP contribution in [0.2, 0.25) is 0 Å². The van der Waals surface area contributed by atoms with Crippen molar-refractivity contribution in [3.63, 3.8) is 0 Å². The summed E-state index contributed by atoms with van der Waals surface area (Å²) in [5.41, 5.74) is -0.161. The largest absolute Gasteiger partial charge is 0.351 e. The first-order chi connectivity index (χ1) is 6.65. The number of carbonyl (C=O) groups is 1. The third-order valence-electron chi connectivity index (χ3n) is 1.65. The van der Waals surface area contributed by atoms with Crippen LogP contribution in [-0.2, 0) is 11.3 Å². The number of carbonyl (C=O) groups excluding carboxylic acids is 1. The second kappa shape index (κ2) is 4.91. The van der Waals surface area contributed by atoms with Gasteiger partial charge >= 0.3 is 0 Å². The van der Waals surface area contributed by atoms with Crippen molar-refractivity contribution < 1.29 is 13.6 Å². The first-order valence-corrected chi connectivity index (χ1v) is 4.44. The first-order valence-electron chi connectivity index (χ1n) is 3.90. The molecule has 0 aliphatic carbocycles. The summed E-state index contributed by atoms with van der Waals surface area (Å²) < 4.78 is 26.0. The molecule has 5 heteroatoms. The summed E-state index contributed by atoms with van der Waals surface area (Å²) in [4.78, 5) is 10.7. The fraction of sp³-hybridized carbons (Fsp3) is 0.222. The van der Waals surface area contributed by atoms with Crippen LogP contribution in [-0.4, -0.2) is 11.8 Å². The van der Waals surface area contributed by atoms with Crippen molar-refractivity contribution in [3.8, 4) is 0 Å². The minimum atomic E-state index is -0.681. The molecule has 0 radical (unpaired) electrons. The topological polar surface area (TPSA) is 29.1 Å². The number of alkyl halides is 1. The number of hydrogen-bond donors (Lipinski definition) is 1. The Labute approximate surface area is 84.9 Å². The van der Waals surface area contributed by atoms with Crippen LogP contribution in [0.4, 0.5) is 8.78 Å². The number of benzene rings is 1. The minimum absolute atomic E-state index is 0.161. The van der Waals surface area contributed by atoms with E-state index in [1.165, 1.54) is 6.07 Å². The van der Waals surface area contributed by atoms with E-state index in [4.69, 9.17) is 11.6 Å². The monoisotopic (exact) mass is 219 g/mol. The summed E-state index contributed by atoms with van der Waals surface area (Å²) in [5.74, 6) is -2.05. The summed E-state index contributed by atoms with van der Waals surface area (Å²) >= 11 is 5.20. The van der Waals surface area contributed by atoms with Crippen molar-refractivity contribution in [2.75, 3.05) is 5.88 Å². The number of rotatable bonds is 3. The molecule has 0 aliphatic rings. The molecule has 0 unspecified atom stereocenters. The maximum absolute atomic E-state index is 13.0. The lowest BCUT2D eigenvalue weighted by Gasteiger charge is -2.05. The Morgan fingerprint density at radius 3 is 2.43 bits per heavy atom. The van der Waals surface area contributed by atoms with Gasteiger partial charge in [0.2, 0.25) is 5.91 Å². The first kappa shape index (κ1) is 10.9. The van der Waals surface area contributed by atoms with Gasteiger partial charge in [0, 0.05) is 12.1 Å². The average molecular weight is 220 g/mol. The van der Waals surface area contributed by atoms with Crippen LogP contribution < -0.4 is 5.32 Å². The van der Waals surface area contributed by atoms with Gasteiger partial charge in [-0.25, -0.2) is 8.78 Å². The van der Waals surface area contributed by atoms with Crippen LogP contribution in [0.1, 0.15) is 5.56 Å². The van der Waals surface area contributed by atoms with E-state index in [9.17, 15) is 13.6 Å². The summed E-state index contributed by atoms with van der Waals surface area (Å²) in [6.45, 7) is -0.190. The molecule has 0 bridgehead atoms. The van der Waals surface area contributed by atoms with Crippen LogP contribution in [0.15, 0.2) is 18.2 Å². The highest BCUT2D eigenvalue weighted by Gasteiger charge is 2.08. The van der Waals surface area contributed by atoms with E-state index in [2.05, 4.69) is 5.32 Å². The summed E-state index contributed by atoms with van der Waals surface area (Å²) in [6.07, 6.45) is 0. The zero-order valence-corrected chi connectivity index (χ0v) is 7.94. The lowest BCUT2D eigenvalue weighted by atomic mass is 10.2. The predicted molar refractivity (Wildman–Crippen MR) is 48.9 cm³/mol. The molecule has 2 nitrogen and oxygen atoms in total. The smallest absolute Gasteiger partial charge is 0.235 e. The molecule has 14 heavy (non-hydrogen) atoms. The summed E-state index contributed by atoms with van der Waals surface area (Å²) in [7, 11) is 0. The van der Waals surface area contributed by atoms with Crippen molar-refractivity contribution in [3.05, 3.63) is 35.4 Å². The molecule has 0 heterocycles. The van der Waals surface area contributed by atoms with E-state index in [1.54, 1.807) is 0 Å². The molecular weight excluding hydrogens is 212 g/mol. The molecule has 1 aromatic rings. The summed E-state index contributed by atoms with van der Waals surface area (Å²) in [6, 6.07) is 3.52. The van der Waals surface area contributed by atoms with Gasteiger partial charge in [-0.2, -0.15) is 0 Å². The van der Waals surface area contributed by atoms with E-state index in [-0.39, 0.29) is 18.0 Å². The average Bonchev–Trinajstić information content (AvgIpc) is 2.16. The van der Waals surface area contributed by atoms with Crippen LogP contribution >= 0.6 is 11.6 Å². The lowest BCUT2D eigenvalue weighted by molar-refractivity contribution is -0.118. The Bertz CT molecular complexity index is 323. The zero-order chi connectivity index (χ0) is 10.6. The van der Waals surface area contributed by atoms with E-state index in [1.807, 2.05) is 0 Å². The molecule has 1 amide bonds. The molecule has 0 atom stereocenters. The van der Waals surface area contributed by atoms with E-state index < -0.39 is 17.5 Å². The molecule has 1 rings (SSSR count). The van der Waals surface area contributed by atoms with Gasteiger partial charge in [0.1, 0.15) is 17.5 Å². The van der Waals surface area contributed by atoms with Crippen LogP contribution in [0, 0.1) is 11.6 Å². The van der Waals surface area contributed by atoms with Crippen LogP contribution in [0.3, 0.4) is 0 Å². The standard InChI is InChI=1S/C9H8ClF2NO/c10-4-9(14)13-5-6-7(11)2-1-3-8(6)12/h1-3H,4-5H2,(H,13,14). The summed E-state index contributed by atoms with van der Waals surface area (Å²) in [5, 5.41) is 2.28. The Balaban J connectivity index is 2.71. The third kappa shape index (κ3) is 2.67. The van der Waals surface area contributed by atoms with Crippen molar-refractivity contribution in [1.29, 1.82) is 0 Å². The van der Waals surface area contributed by atoms with Gasteiger partial charge < -0.3 is 5.32 Å². The molecule has 0 spiro atoms. The predicted octanol–water partition coefficient (Wildman–Crippen LogP) is 1.82. The lowest BCUT2D eigenvalue weighted by Crippen LogP contribution is -2.24. The Hall–Kier alpha value is -1.16. The number of halogens is 3. The maximum atomic E-state index is 13.0. The quantitative estimate of drug-likeness (QED) is 0.772. The normalized spacial score (nSPS) is 9.93. The molecule has 76 valence electrons. The van der Waals surface area contributed by atoms with Gasteiger partial charge in [0.05, 0.1) is 0 Å². The molecular formula is C9H8ClF2NO. The van der Waals surface area contributed by atoms with Gasteiger partial charge in [-0.15, -0.1) is 11.6 Å². The molecule has 1 N–H and O–H groups in total. The van der Waals surface area contributed by atoms with Gasteiger partial charge in [-0.05, 0) is 12.1 Å². The SMILES string of the molecule is O=C(CCl)NCc1c(F)cccc1F. The second-order valence-electron chi connectivity index (χ2n) is 2.61. The van der Waals surface area contributed by atoms with E-state index in [0.29, 0.717) is 0 Å². The van der Waals surface area contributed by atoms with Crippen molar-refractivity contribution in [1.82, 2.24) is 5.32 Å². The molecule has 1 aromatic carbocycles. The van der Waals surface area contributed by atoms with Gasteiger partial charge in [0.15, 0.2) is 0 Å². The fourth-order valence-electron chi connectivity index (χ4n) is 0.935. The zero-order valence-electron chi connectivity index (χ0n) is 7.19. The second-order valence-corrected chi connectivity index (χ2v) is 2.88. The van der Waals surface area contributed by atoms with Crippen molar-refractivity contribution in [2.45, 2.75) is 6.54 Å². The van der Waals surface area contributed by atoms with Crippen LogP contribution in [0.25, 0.3) is 0 Å². The fourth-order valence-corrected chi connectivity index (χ4v) is 1.03. The molecule has 0 saturated carbocycles. The highest BCUT2D eigenvalue weighted by atomic mass is 35.5. The van der Waals surface area contributed by atoms with E-state index in [0.717, 1.165) is 12.1 Å². The Kier molecular flexibility index (Phi) is 3.83. The van der Waals surface area contributed by atoms with Gasteiger partial charge in [-0.1, -0.05) is 6.07 Å². The molecule has 0 saturated heterocycles. The molecule has 0 fully saturated rings. The molecule has 0 aliphatic heterocycles. The Morgan fingerprint density at radius 1 is 1.36 bits per heavy atom. The van der Waals surface area contributed by atoms with Gasteiger partial charge in [-0.3, -0.25) is 4.79 Å². The number of amides is 1. The number of nitrogens with one attached hydrogen (secondary N) is 1. The molecule has 0 aromatic heterocycles. The van der Waals surface area contributed by atoms with Crippen LogP contribution in [0.5, 0.6) is 0 Å². The van der Waals surface area contributed by atoms with Crippen molar-refractivity contribution in [2.24, 2.45) is 0 Å².